The van der Waals surface area contributed by atoms with E-state index in [1.165, 1.54) is 13.2 Å². The first-order chi connectivity index (χ1) is 9.61. The number of hydrogen-bond acceptors (Lipinski definition) is 5. The van der Waals surface area contributed by atoms with Crippen molar-refractivity contribution in [3.8, 4) is 5.75 Å². The molecule has 2 unspecified atom stereocenters. The average molecular weight is 300 g/mol. The fourth-order valence-corrected chi connectivity index (χ4v) is 2.40. The number of carbonyl (C=O) groups is 1. The summed E-state index contributed by atoms with van der Waals surface area (Å²) in [5.41, 5.74) is 0.651. The van der Waals surface area contributed by atoms with Gasteiger partial charge < -0.3 is 14.6 Å². The van der Waals surface area contributed by atoms with Gasteiger partial charge in [0.2, 0.25) is 0 Å². The van der Waals surface area contributed by atoms with Crippen LogP contribution in [-0.4, -0.2) is 37.4 Å². The van der Waals surface area contributed by atoms with E-state index in [4.69, 9.17) is 21.1 Å². The SMILES string of the molecule is COC(=O)C(NCC1CCCO1)c1ccc(O)c(Cl)c1. The van der Waals surface area contributed by atoms with Crippen LogP contribution in [0.25, 0.3) is 0 Å². The maximum absolute atomic E-state index is 11.9. The molecule has 0 bridgehead atoms. The zero-order valence-electron chi connectivity index (χ0n) is 11.3. The highest BCUT2D eigenvalue weighted by molar-refractivity contribution is 6.32. The second-order valence-corrected chi connectivity index (χ2v) is 5.12. The Labute approximate surface area is 122 Å². The Balaban J connectivity index is 2.09. The molecule has 20 heavy (non-hydrogen) atoms. The highest BCUT2D eigenvalue weighted by Crippen LogP contribution is 2.27. The Kier molecular flexibility index (Phi) is 5.23. The molecule has 0 saturated carbocycles. The summed E-state index contributed by atoms with van der Waals surface area (Å²) in [5.74, 6) is -0.414. The zero-order chi connectivity index (χ0) is 14.5. The normalized spacial score (nSPS) is 19.8. The quantitative estimate of drug-likeness (QED) is 0.814. The fraction of sp³-hybridized carbons (Fsp3) is 0.500. The van der Waals surface area contributed by atoms with Crippen LogP contribution in [0.15, 0.2) is 18.2 Å². The molecule has 6 heteroatoms. The number of halogens is 1. The van der Waals surface area contributed by atoms with Crippen molar-refractivity contribution in [2.24, 2.45) is 0 Å². The molecule has 2 atom stereocenters. The third-order valence-corrected chi connectivity index (χ3v) is 3.62. The van der Waals surface area contributed by atoms with Crippen LogP contribution in [0, 0.1) is 0 Å². The number of esters is 1. The van der Waals surface area contributed by atoms with E-state index < -0.39 is 12.0 Å². The summed E-state index contributed by atoms with van der Waals surface area (Å²) in [6.45, 7) is 1.33. The molecule has 5 nitrogen and oxygen atoms in total. The molecule has 1 aromatic carbocycles. The molecule has 1 aromatic rings. The van der Waals surface area contributed by atoms with Gasteiger partial charge in [-0.2, -0.15) is 0 Å². The molecule has 1 saturated heterocycles. The highest BCUT2D eigenvalue weighted by atomic mass is 35.5. The number of nitrogens with one attached hydrogen (secondary N) is 1. The number of aromatic hydroxyl groups is 1. The van der Waals surface area contributed by atoms with Gasteiger partial charge in [0.1, 0.15) is 11.8 Å². The van der Waals surface area contributed by atoms with E-state index in [2.05, 4.69) is 5.32 Å². The maximum atomic E-state index is 11.9. The Morgan fingerprint density at radius 3 is 3.05 bits per heavy atom. The van der Waals surface area contributed by atoms with Crippen molar-refractivity contribution in [3.63, 3.8) is 0 Å². The van der Waals surface area contributed by atoms with Crippen molar-refractivity contribution < 1.29 is 19.4 Å². The largest absolute Gasteiger partial charge is 0.506 e. The molecule has 0 aliphatic carbocycles. The van der Waals surface area contributed by atoms with E-state index in [0.29, 0.717) is 12.1 Å². The van der Waals surface area contributed by atoms with Crippen LogP contribution >= 0.6 is 11.6 Å². The third-order valence-electron chi connectivity index (χ3n) is 3.32. The second-order valence-electron chi connectivity index (χ2n) is 4.71. The molecule has 1 aliphatic heterocycles. The molecule has 0 amide bonds. The maximum Gasteiger partial charge on any atom is 0.327 e. The number of rotatable bonds is 5. The molecular weight excluding hydrogens is 282 g/mol. The predicted octanol–water partition coefficient (Wildman–Crippen LogP) is 2.03. The molecule has 2 rings (SSSR count). The summed E-state index contributed by atoms with van der Waals surface area (Å²) in [7, 11) is 1.34. The van der Waals surface area contributed by atoms with Gasteiger partial charge in [0.25, 0.3) is 0 Å². The van der Waals surface area contributed by atoms with Gasteiger partial charge in [0, 0.05) is 13.2 Å². The first kappa shape index (κ1) is 15.1. The van der Waals surface area contributed by atoms with Crippen LogP contribution < -0.4 is 5.32 Å². The van der Waals surface area contributed by atoms with E-state index in [1.54, 1.807) is 12.1 Å². The average Bonchev–Trinajstić information content (AvgIpc) is 2.95. The lowest BCUT2D eigenvalue weighted by atomic mass is 10.1. The molecule has 1 heterocycles. The van der Waals surface area contributed by atoms with Crippen LogP contribution in [0.2, 0.25) is 5.02 Å². The minimum absolute atomic E-state index is 0.0156. The number of phenolic OH excluding ortho intramolecular Hbond substituents is 1. The number of ether oxygens (including phenoxy) is 2. The van der Waals surface area contributed by atoms with Gasteiger partial charge in [0.15, 0.2) is 0 Å². The summed E-state index contributed by atoms with van der Waals surface area (Å²) < 4.78 is 10.3. The van der Waals surface area contributed by atoms with Gasteiger partial charge in [0.05, 0.1) is 18.2 Å². The summed E-state index contributed by atoms with van der Waals surface area (Å²) >= 11 is 5.88. The minimum atomic E-state index is -0.623. The lowest BCUT2D eigenvalue weighted by molar-refractivity contribution is -0.143. The molecule has 0 aromatic heterocycles. The number of carbonyl (C=O) groups excluding carboxylic acids is 1. The standard InChI is InChI=1S/C14H18ClNO4/c1-19-14(18)13(16-8-10-3-2-6-20-10)9-4-5-12(17)11(15)7-9/h4-5,7,10,13,16-17H,2-3,6,8H2,1H3. The Hall–Kier alpha value is -1.30. The molecule has 2 N–H and O–H groups in total. The van der Waals surface area contributed by atoms with Crippen LogP contribution in [0.5, 0.6) is 5.75 Å². The Bertz CT molecular complexity index is 474. The summed E-state index contributed by atoms with van der Waals surface area (Å²) in [5, 5.41) is 12.8. The van der Waals surface area contributed by atoms with Crippen molar-refractivity contribution in [2.75, 3.05) is 20.3 Å². The van der Waals surface area contributed by atoms with Crippen LogP contribution in [0.3, 0.4) is 0 Å². The monoisotopic (exact) mass is 299 g/mol. The number of benzene rings is 1. The van der Waals surface area contributed by atoms with E-state index in [1.807, 2.05) is 0 Å². The lowest BCUT2D eigenvalue weighted by Gasteiger charge is -2.19. The van der Waals surface area contributed by atoms with Gasteiger partial charge in [-0.05, 0) is 30.5 Å². The van der Waals surface area contributed by atoms with Gasteiger partial charge in [-0.3, -0.25) is 5.32 Å². The van der Waals surface area contributed by atoms with E-state index in [9.17, 15) is 9.90 Å². The first-order valence-corrected chi connectivity index (χ1v) is 6.91. The topological polar surface area (TPSA) is 67.8 Å². The molecule has 110 valence electrons. The van der Waals surface area contributed by atoms with Crippen molar-refractivity contribution in [3.05, 3.63) is 28.8 Å². The van der Waals surface area contributed by atoms with Crippen LogP contribution in [0.1, 0.15) is 24.4 Å². The third kappa shape index (κ3) is 3.62. The van der Waals surface area contributed by atoms with Crippen LogP contribution in [-0.2, 0) is 14.3 Å². The van der Waals surface area contributed by atoms with E-state index in [-0.39, 0.29) is 16.9 Å². The minimum Gasteiger partial charge on any atom is -0.506 e. The van der Waals surface area contributed by atoms with Gasteiger partial charge in [-0.25, -0.2) is 4.79 Å². The summed E-state index contributed by atoms with van der Waals surface area (Å²) in [4.78, 5) is 11.9. The number of methoxy groups -OCH3 is 1. The summed E-state index contributed by atoms with van der Waals surface area (Å²) in [6.07, 6.45) is 2.15. The Morgan fingerprint density at radius 2 is 2.45 bits per heavy atom. The molecule has 1 fully saturated rings. The van der Waals surface area contributed by atoms with Gasteiger partial charge in [-0.15, -0.1) is 0 Å². The predicted molar refractivity (Wildman–Crippen MR) is 74.9 cm³/mol. The smallest absolute Gasteiger partial charge is 0.327 e. The zero-order valence-corrected chi connectivity index (χ0v) is 12.0. The second kappa shape index (κ2) is 6.92. The highest BCUT2D eigenvalue weighted by Gasteiger charge is 2.24. The lowest BCUT2D eigenvalue weighted by Crippen LogP contribution is -2.35. The first-order valence-electron chi connectivity index (χ1n) is 6.53. The van der Waals surface area contributed by atoms with Crippen molar-refractivity contribution in [2.45, 2.75) is 25.0 Å². The fourth-order valence-electron chi connectivity index (χ4n) is 2.21. The summed E-state index contributed by atoms with van der Waals surface area (Å²) in [6, 6.07) is 4.04. The van der Waals surface area contributed by atoms with E-state index >= 15 is 0 Å². The van der Waals surface area contributed by atoms with E-state index in [0.717, 1.165) is 19.4 Å². The van der Waals surface area contributed by atoms with Crippen LogP contribution in [0.4, 0.5) is 0 Å². The van der Waals surface area contributed by atoms with Gasteiger partial charge in [-0.1, -0.05) is 17.7 Å². The van der Waals surface area contributed by atoms with Gasteiger partial charge >= 0.3 is 5.97 Å². The molecule has 0 radical (unpaired) electrons. The number of hydrogen-bond donors (Lipinski definition) is 2. The molecule has 0 spiro atoms. The number of phenols is 1. The molecule has 1 aliphatic rings. The Morgan fingerprint density at radius 1 is 1.65 bits per heavy atom. The van der Waals surface area contributed by atoms with Crippen molar-refractivity contribution in [1.29, 1.82) is 0 Å². The molecular formula is C14H18ClNO4. The van der Waals surface area contributed by atoms with Crippen molar-refractivity contribution in [1.82, 2.24) is 5.32 Å². The van der Waals surface area contributed by atoms with Crippen molar-refractivity contribution >= 4 is 17.6 Å².